The van der Waals surface area contributed by atoms with Crippen molar-refractivity contribution in [1.29, 1.82) is 0 Å². The van der Waals surface area contributed by atoms with Gasteiger partial charge in [-0.2, -0.15) is 5.01 Å². The molecule has 1 atom stereocenters. The molecule has 3 heterocycles. The topological polar surface area (TPSA) is 39.7 Å². The van der Waals surface area contributed by atoms with Crippen LogP contribution in [-0.2, 0) is 0 Å². The molecule has 2 aromatic rings. The minimum Gasteiger partial charge on any atom is -0.271 e. The molecule has 1 aromatic heterocycles. The van der Waals surface area contributed by atoms with Gasteiger partial charge in [-0.3, -0.25) is 14.9 Å². The first-order valence-electron chi connectivity index (χ1n) is 7.18. The summed E-state index contributed by atoms with van der Waals surface area (Å²) in [6.07, 6.45) is 4.52. The number of rotatable bonds is 2. The largest absolute Gasteiger partial charge is 0.340 e. The first-order chi connectivity index (χ1) is 10.4. The van der Waals surface area contributed by atoms with Gasteiger partial charge in [0, 0.05) is 36.7 Å². The van der Waals surface area contributed by atoms with Crippen LogP contribution in [0.15, 0.2) is 54.9 Å². The van der Waals surface area contributed by atoms with Crippen LogP contribution < -0.4 is 4.90 Å². The second-order valence-corrected chi connectivity index (χ2v) is 5.29. The maximum Gasteiger partial charge on any atom is 0.340 e. The van der Waals surface area contributed by atoms with Crippen LogP contribution in [0.3, 0.4) is 0 Å². The van der Waals surface area contributed by atoms with E-state index in [4.69, 9.17) is 0 Å². The van der Waals surface area contributed by atoms with E-state index >= 15 is 0 Å². The Balaban J connectivity index is 1.81. The number of pyridine rings is 1. The average molecular weight is 280 g/mol. The molecule has 1 aromatic carbocycles. The van der Waals surface area contributed by atoms with Crippen molar-refractivity contribution in [2.24, 2.45) is 0 Å². The minimum atomic E-state index is -0.101. The lowest BCUT2D eigenvalue weighted by Crippen LogP contribution is -2.32. The first-order valence-corrected chi connectivity index (χ1v) is 7.18. The number of hydrazine groups is 1. The number of anilines is 1. The SMILES string of the molecule is O=C1N(c2ccccc2)[C@H](c2cccnc2)N2CCCN12. The monoisotopic (exact) mass is 280 g/mol. The summed E-state index contributed by atoms with van der Waals surface area (Å²) in [7, 11) is 0. The molecule has 106 valence electrons. The summed E-state index contributed by atoms with van der Waals surface area (Å²) in [5, 5.41) is 4.00. The average Bonchev–Trinajstić information content (AvgIpc) is 3.11. The summed E-state index contributed by atoms with van der Waals surface area (Å²) in [5.74, 6) is 0. The number of urea groups is 1. The van der Waals surface area contributed by atoms with Crippen molar-refractivity contribution in [3.63, 3.8) is 0 Å². The fourth-order valence-electron chi connectivity index (χ4n) is 3.14. The van der Waals surface area contributed by atoms with Gasteiger partial charge in [0.25, 0.3) is 0 Å². The van der Waals surface area contributed by atoms with Gasteiger partial charge >= 0.3 is 6.03 Å². The second kappa shape index (κ2) is 4.86. The molecule has 5 heteroatoms. The van der Waals surface area contributed by atoms with Gasteiger partial charge in [0.1, 0.15) is 6.17 Å². The van der Waals surface area contributed by atoms with Crippen LogP contribution in [0.5, 0.6) is 0 Å². The zero-order valence-corrected chi connectivity index (χ0v) is 11.6. The van der Waals surface area contributed by atoms with Crippen molar-refractivity contribution >= 4 is 11.7 Å². The normalized spacial score (nSPS) is 21.9. The molecule has 0 unspecified atom stereocenters. The Bertz CT molecular complexity index is 646. The number of hydrogen-bond acceptors (Lipinski definition) is 3. The van der Waals surface area contributed by atoms with E-state index in [2.05, 4.69) is 9.99 Å². The van der Waals surface area contributed by atoms with E-state index in [1.54, 1.807) is 6.20 Å². The summed E-state index contributed by atoms with van der Waals surface area (Å²) in [6, 6.07) is 13.8. The Morgan fingerprint density at radius 1 is 1.05 bits per heavy atom. The Hall–Kier alpha value is -2.40. The molecule has 2 aliphatic heterocycles. The fraction of sp³-hybridized carbons (Fsp3) is 0.250. The van der Waals surface area contributed by atoms with Crippen molar-refractivity contribution in [2.75, 3.05) is 18.0 Å². The quantitative estimate of drug-likeness (QED) is 0.849. The van der Waals surface area contributed by atoms with E-state index in [9.17, 15) is 4.79 Å². The van der Waals surface area contributed by atoms with Gasteiger partial charge in [0.2, 0.25) is 0 Å². The molecule has 2 saturated heterocycles. The van der Waals surface area contributed by atoms with E-state index in [1.807, 2.05) is 58.6 Å². The molecule has 0 radical (unpaired) electrons. The van der Waals surface area contributed by atoms with Gasteiger partial charge in [-0.25, -0.2) is 4.79 Å². The Labute approximate surface area is 123 Å². The number of carbonyl (C=O) groups excluding carboxylic acids is 1. The Morgan fingerprint density at radius 2 is 1.90 bits per heavy atom. The molecule has 5 nitrogen and oxygen atoms in total. The molecular formula is C16H16N4O. The zero-order chi connectivity index (χ0) is 14.2. The number of benzene rings is 1. The number of aromatic nitrogens is 1. The third-order valence-electron chi connectivity index (χ3n) is 4.04. The van der Waals surface area contributed by atoms with E-state index < -0.39 is 0 Å². The van der Waals surface area contributed by atoms with Crippen LogP contribution in [0.2, 0.25) is 0 Å². The summed E-state index contributed by atoms with van der Waals surface area (Å²) >= 11 is 0. The number of amides is 2. The number of carbonyl (C=O) groups is 1. The number of hydrogen-bond donors (Lipinski definition) is 0. The highest BCUT2D eigenvalue weighted by molar-refractivity contribution is 5.94. The molecule has 2 fully saturated rings. The van der Waals surface area contributed by atoms with Crippen molar-refractivity contribution < 1.29 is 4.79 Å². The van der Waals surface area contributed by atoms with Gasteiger partial charge in [-0.15, -0.1) is 0 Å². The summed E-state index contributed by atoms with van der Waals surface area (Å²) in [6.45, 7) is 1.69. The van der Waals surface area contributed by atoms with Crippen molar-refractivity contribution in [1.82, 2.24) is 15.0 Å². The van der Waals surface area contributed by atoms with Crippen LogP contribution in [0.25, 0.3) is 0 Å². The maximum atomic E-state index is 12.8. The van der Waals surface area contributed by atoms with Crippen LogP contribution in [-0.4, -0.2) is 34.1 Å². The number of para-hydroxylation sites is 1. The predicted molar refractivity (Wildman–Crippen MR) is 79.3 cm³/mol. The molecule has 2 aliphatic rings. The zero-order valence-electron chi connectivity index (χ0n) is 11.6. The smallest absolute Gasteiger partial charge is 0.271 e. The standard InChI is InChI=1S/C16H16N4O/c21-16-19-11-5-10-18(19)15(13-6-4-9-17-12-13)20(16)14-7-2-1-3-8-14/h1-4,6-9,12,15H,5,10-11H2/t15-/m1/s1. The van der Waals surface area contributed by atoms with E-state index in [0.29, 0.717) is 0 Å². The van der Waals surface area contributed by atoms with Gasteiger partial charge in [0.15, 0.2) is 0 Å². The summed E-state index contributed by atoms with van der Waals surface area (Å²) in [4.78, 5) is 18.8. The van der Waals surface area contributed by atoms with E-state index in [1.165, 1.54) is 0 Å². The molecule has 0 bridgehead atoms. The lowest BCUT2D eigenvalue weighted by molar-refractivity contribution is 0.0726. The van der Waals surface area contributed by atoms with Crippen LogP contribution in [0, 0.1) is 0 Å². The molecular weight excluding hydrogens is 264 g/mol. The van der Waals surface area contributed by atoms with Crippen LogP contribution in [0.4, 0.5) is 10.5 Å². The van der Waals surface area contributed by atoms with Gasteiger partial charge in [0.05, 0.1) is 0 Å². The van der Waals surface area contributed by atoms with E-state index in [0.717, 1.165) is 30.8 Å². The third kappa shape index (κ3) is 1.89. The fourth-order valence-corrected chi connectivity index (χ4v) is 3.14. The molecule has 0 spiro atoms. The molecule has 0 saturated carbocycles. The molecule has 0 N–H and O–H groups in total. The van der Waals surface area contributed by atoms with Crippen LogP contribution >= 0.6 is 0 Å². The Kier molecular flexibility index (Phi) is 2.86. The lowest BCUT2D eigenvalue weighted by Gasteiger charge is -2.27. The highest BCUT2D eigenvalue weighted by Gasteiger charge is 2.47. The lowest BCUT2D eigenvalue weighted by atomic mass is 10.2. The molecule has 21 heavy (non-hydrogen) atoms. The van der Waals surface area contributed by atoms with Crippen molar-refractivity contribution in [3.05, 3.63) is 60.4 Å². The maximum absolute atomic E-state index is 12.8. The second-order valence-electron chi connectivity index (χ2n) is 5.29. The van der Waals surface area contributed by atoms with Gasteiger partial charge in [-0.05, 0) is 24.6 Å². The molecule has 4 rings (SSSR count). The van der Waals surface area contributed by atoms with Gasteiger partial charge < -0.3 is 0 Å². The highest BCUT2D eigenvalue weighted by atomic mass is 16.2. The van der Waals surface area contributed by atoms with Crippen molar-refractivity contribution in [2.45, 2.75) is 12.6 Å². The van der Waals surface area contributed by atoms with Gasteiger partial charge in [-0.1, -0.05) is 24.3 Å². The number of nitrogens with zero attached hydrogens (tertiary/aromatic N) is 4. The van der Waals surface area contributed by atoms with Crippen LogP contribution in [0.1, 0.15) is 18.2 Å². The summed E-state index contributed by atoms with van der Waals surface area (Å²) < 4.78 is 0. The minimum absolute atomic E-state index is 0.0487. The highest BCUT2D eigenvalue weighted by Crippen LogP contribution is 2.39. The molecule has 0 aliphatic carbocycles. The molecule has 2 amide bonds. The predicted octanol–water partition coefficient (Wildman–Crippen LogP) is 2.64. The first kappa shape index (κ1) is 12.3. The third-order valence-corrected chi connectivity index (χ3v) is 4.04. The Morgan fingerprint density at radius 3 is 2.67 bits per heavy atom. The van der Waals surface area contributed by atoms with Crippen molar-refractivity contribution in [3.8, 4) is 0 Å². The number of fused-ring (bicyclic) bond motifs is 1. The summed E-state index contributed by atoms with van der Waals surface area (Å²) in [5.41, 5.74) is 1.96. The van der Waals surface area contributed by atoms with E-state index in [-0.39, 0.29) is 12.2 Å².